The molecule has 0 aliphatic carbocycles. The Kier molecular flexibility index (Phi) is 6.49. The molecule has 1 unspecified atom stereocenters. The van der Waals surface area contributed by atoms with Gasteiger partial charge in [-0.15, -0.1) is 0 Å². The van der Waals surface area contributed by atoms with Crippen LogP contribution in [0.2, 0.25) is 0 Å². The van der Waals surface area contributed by atoms with Crippen molar-refractivity contribution in [3.05, 3.63) is 66.4 Å². The number of anilines is 2. The molecular formula is C21H21N3O3S. The summed E-state index contributed by atoms with van der Waals surface area (Å²) in [4.78, 5) is 28.9. The highest BCUT2D eigenvalue weighted by molar-refractivity contribution is 8.15. The van der Waals surface area contributed by atoms with E-state index in [1.54, 1.807) is 6.08 Å². The number of amides is 1. The zero-order chi connectivity index (χ0) is 19.9. The average molecular weight is 395 g/mol. The zero-order valence-corrected chi connectivity index (χ0v) is 16.5. The van der Waals surface area contributed by atoms with Gasteiger partial charge in [0.05, 0.1) is 35.2 Å². The number of hydrogen-bond acceptors (Lipinski definition) is 6. The van der Waals surface area contributed by atoms with Crippen molar-refractivity contribution in [1.29, 1.82) is 0 Å². The van der Waals surface area contributed by atoms with Crippen LogP contribution in [0.3, 0.4) is 0 Å². The summed E-state index contributed by atoms with van der Waals surface area (Å²) in [6.07, 6.45) is 1.88. The summed E-state index contributed by atoms with van der Waals surface area (Å²) in [6.45, 7) is 1.82. The number of nitrogens with one attached hydrogen (secondary N) is 2. The second-order valence-corrected chi connectivity index (χ2v) is 7.49. The molecule has 1 heterocycles. The Morgan fingerprint density at radius 3 is 2.61 bits per heavy atom. The van der Waals surface area contributed by atoms with Crippen molar-refractivity contribution >= 4 is 45.7 Å². The first-order valence-corrected chi connectivity index (χ1v) is 9.68. The summed E-state index contributed by atoms with van der Waals surface area (Å²) in [7, 11) is 1.35. The van der Waals surface area contributed by atoms with E-state index < -0.39 is 0 Å². The van der Waals surface area contributed by atoms with Crippen molar-refractivity contribution in [3.63, 3.8) is 0 Å². The van der Waals surface area contributed by atoms with Gasteiger partial charge in [-0.3, -0.25) is 9.59 Å². The second kappa shape index (κ2) is 9.23. The Balaban J connectivity index is 1.79. The lowest BCUT2D eigenvalue weighted by molar-refractivity contribution is -0.139. The van der Waals surface area contributed by atoms with Gasteiger partial charge in [0, 0.05) is 11.4 Å². The molecule has 144 valence electrons. The lowest BCUT2D eigenvalue weighted by Gasteiger charge is -2.12. The predicted molar refractivity (Wildman–Crippen MR) is 114 cm³/mol. The van der Waals surface area contributed by atoms with Crippen LogP contribution in [0.1, 0.15) is 13.3 Å². The van der Waals surface area contributed by atoms with Gasteiger partial charge in [0.25, 0.3) is 0 Å². The number of fused-ring (bicyclic) bond motifs is 1. The minimum atomic E-state index is -0.375. The van der Waals surface area contributed by atoms with E-state index in [2.05, 4.69) is 15.6 Å². The van der Waals surface area contributed by atoms with Crippen molar-refractivity contribution in [3.8, 4) is 0 Å². The van der Waals surface area contributed by atoms with Crippen molar-refractivity contribution in [2.75, 3.05) is 17.7 Å². The van der Waals surface area contributed by atoms with E-state index in [4.69, 9.17) is 4.74 Å². The molecule has 1 amide bonds. The van der Waals surface area contributed by atoms with E-state index in [1.165, 1.54) is 18.9 Å². The number of nitrogens with zero attached hydrogens (tertiary/aromatic N) is 1. The third-order valence-electron chi connectivity index (χ3n) is 4.00. The van der Waals surface area contributed by atoms with Crippen LogP contribution in [0, 0.1) is 0 Å². The van der Waals surface area contributed by atoms with Gasteiger partial charge < -0.3 is 15.4 Å². The zero-order valence-electron chi connectivity index (χ0n) is 15.6. The SMILES string of the molecule is COC(=O)CC1=CC(SC(C)C(=O)Nc2ccccc2)=Nc2ccccc2N1. The van der Waals surface area contributed by atoms with Crippen molar-refractivity contribution in [2.45, 2.75) is 18.6 Å². The quantitative estimate of drug-likeness (QED) is 0.736. The van der Waals surface area contributed by atoms with E-state index in [1.807, 2.05) is 61.5 Å². The summed E-state index contributed by atoms with van der Waals surface area (Å²) in [5.41, 5.74) is 2.96. The molecular weight excluding hydrogens is 374 g/mol. The number of aliphatic imine (C=N–C) groups is 1. The highest BCUT2D eigenvalue weighted by Gasteiger charge is 2.19. The van der Waals surface area contributed by atoms with Gasteiger partial charge in [0.15, 0.2) is 0 Å². The largest absolute Gasteiger partial charge is 0.469 e. The average Bonchev–Trinajstić information content (AvgIpc) is 2.86. The van der Waals surface area contributed by atoms with Crippen LogP contribution in [0.5, 0.6) is 0 Å². The maximum Gasteiger partial charge on any atom is 0.311 e. The first-order valence-electron chi connectivity index (χ1n) is 8.80. The normalized spacial score (nSPS) is 13.8. The maximum absolute atomic E-state index is 12.5. The standard InChI is InChI=1S/C21H21N3O3S/c1-14(21(26)23-15-8-4-3-5-9-15)28-19-12-16(13-20(25)27-2)22-17-10-6-7-11-18(17)24-19/h3-12,14,22H,13H2,1-2H3,(H,23,26). The first kappa shape index (κ1) is 19.7. The molecule has 6 nitrogen and oxygen atoms in total. The fourth-order valence-electron chi connectivity index (χ4n) is 2.57. The van der Waals surface area contributed by atoms with Crippen LogP contribution in [0.4, 0.5) is 17.1 Å². The van der Waals surface area contributed by atoms with E-state index in [0.717, 1.165) is 17.1 Å². The molecule has 2 N–H and O–H groups in total. The summed E-state index contributed by atoms with van der Waals surface area (Å²) >= 11 is 1.33. The summed E-state index contributed by atoms with van der Waals surface area (Å²) in [6, 6.07) is 16.9. The van der Waals surface area contributed by atoms with E-state index in [-0.39, 0.29) is 23.5 Å². The minimum Gasteiger partial charge on any atom is -0.469 e. The number of thioether (sulfide) groups is 1. The van der Waals surface area contributed by atoms with E-state index in [9.17, 15) is 9.59 Å². The molecule has 0 radical (unpaired) electrons. The molecule has 3 rings (SSSR count). The monoisotopic (exact) mass is 395 g/mol. The number of esters is 1. The van der Waals surface area contributed by atoms with Crippen LogP contribution in [-0.4, -0.2) is 29.3 Å². The van der Waals surface area contributed by atoms with Gasteiger partial charge in [-0.1, -0.05) is 42.1 Å². The van der Waals surface area contributed by atoms with Gasteiger partial charge in [0.2, 0.25) is 5.91 Å². The maximum atomic E-state index is 12.5. The molecule has 0 saturated carbocycles. The summed E-state index contributed by atoms with van der Waals surface area (Å²) < 4.78 is 4.77. The minimum absolute atomic E-state index is 0.0923. The topological polar surface area (TPSA) is 79.8 Å². The number of rotatable bonds is 5. The van der Waals surface area contributed by atoms with Crippen molar-refractivity contribution in [2.24, 2.45) is 4.99 Å². The van der Waals surface area contributed by atoms with Gasteiger partial charge in [-0.25, -0.2) is 4.99 Å². The van der Waals surface area contributed by atoms with E-state index in [0.29, 0.717) is 10.7 Å². The predicted octanol–water partition coefficient (Wildman–Crippen LogP) is 4.35. The van der Waals surface area contributed by atoms with Gasteiger partial charge in [-0.05, 0) is 37.3 Å². The molecule has 7 heteroatoms. The van der Waals surface area contributed by atoms with Gasteiger partial charge >= 0.3 is 5.97 Å². The van der Waals surface area contributed by atoms with Crippen LogP contribution in [0.15, 0.2) is 71.4 Å². The highest BCUT2D eigenvalue weighted by Crippen LogP contribution is 2.32. The number of para-hydroxylation sites is 3. The fourth-order valence-corrected chi connectivity index (χ4v) is 3.46. The Morgan fingerprint density at radius 2 is 1.86 bits per heavy atom. The van der Waals surface area contributed by atoms with Crippen molar-refractivity contribution in [1.82, 2.24) is 0 Å². The molecule has 0 spiro atoms. The number of methoxy groups -OCH3 is 1. The molecule has 1 aliphatic heterocycles. The number of carbonyl (C=O) groups is 2. The molecule has 0 bridgehead atoms. The summed E-state index contributed by atoms with van der Waals surface area (Å²) in [5.74, 6) is -0.468. The lowest BCUT2D eigenvalue weighted by Crippen LogP contribution is -2.23. The number of ether oxygens (including phenoxy) is 1. The Hall–Kier alpha value is -3.06. The van der Waals surface area contributed by atoms with Crippen molar-refractivity contribution < 1.29 is 14.3 Å². The molecule has 28 heavy (non-hydrogen) atoms. The van der Waals surface area contributed by atoms with Gasteiger partial charge in [0.1, 0.15) is 0 Å². The van der Waals surface area contributed by atoms with Crippen LogP contribution in [0.25, 0.3) is 0 Å². The molecule has 0 aromatic heterocycles. The highest BCUT2D eigenvalue weighted by atomic mass is 32.2. The van der Waals surface area contributed by atoms with Crippen LogP contribution >= 0.6 is 11.8 Å². The smallest absolute Gasteiger partial charge is 0.311 e. The Labute approximate surface area is 168 Å². The van der Waals surface area contributed by atoms with E-state index >= 15 is 0 Å². The Bertz CT molecular complexity index is 926. The number of carbonyl (C=O) groups excluding carboxylic acids is 2. The second-order valence-electron chi connectivity index (χ2n) is 6.13. The Morgan fingerprint density at radius 1 is 1.14 bits per heavy atom. The summed E-state index contributed by atoms with van der Waals surface area (Å²) in [5, 5.41) is 6.39. The third kappa shape index (κ3) is 5.23. The third-order valence-corrected chi connectivity index (χ3v) is 5.02. The van der Waals surface area contributed by atoms with Crippen LogP contribution < -0.4 is 10.6 Å². The first-order chi connectivity index (χ1) is 13.5. The molecule has 0 saturated heterocycles. The van der Waals surface area contributed by atoms with Gasteiger partial charge in [-0.2, -0.15) is 0 Å². The number of benzene rings is 2. The molecule has 1 aliphatic rings. The number of hydrogen-bond donors (Lipinski definition) is 2. The van der Waals surface area contributed by atoms with Crippen LogP contribution in [-0.2, 0) is 14.3 Å². The molecule has 0 fully saturated rings. The lowest BCUT2D eigenvalue weighted by atomic mass is 10.2. The molecule has 1 atom stereocenters. The molecule has 2 aromatic rings. The fraction of sp³-hybridized carbons (Fsp3) is 0.190. The molecule has 2 aromatic carbocycles.